The summed E-state index contributed by atoms with van der Waals surface area (Å²) in [5.41, 5.74) is 1.68. The quantitative estimate of drug-likeness (QED) is 0.741. The largest absolute Gasteiger partial charge is 0.478 e. The molecule has 0 heterocycles. The lowest BCUT2D eigenvalue weighted by Gasteiger charge is -2.17. The highest BCUT2D eigenvalue weighted by Gasteiger charge is 2.18. The Hall–Kier alpha value is -1.82. The standard InChI is InChI=1S/C16H21NO2/c1-3-5-6-7-13(4-2)15-10-12(11-17)8-9-14(15)16(18)19/h8-10,13H,3-7H2,1-2H3,(H,18,19). The average molecular weight is 259 g/mol. The molecule has 0 amide bonds. The highest BCUT2D eigenvalue weighted by Crippen LogP contribution is 2.29. The number of nitrogens with zero attached hydrogens (tertiary/aromatic N) is 1. The zero-order valence-electron chi connectivity index (χ0n) is 11.6. The molecule has 19 heavy (non-hydrogen) atoms. The minimum atomic E-state index is -0.909. The molecule has 3 heteroatoms. The Morgan fingerprint density at radius 1 is 1.37 bits per heavy atom. The molecule has 0 aliphatic rings. The SMILES string of the molecule is CCCCCC(CC)c1cc(C#N)ccc1C(=O)O. The van der Waals surface area contributed by atoms with Crippen molar-refractivity contribution in [2.75, 3.05) is 0 Å². The van der Waals surface area contributed by atoms with Crippen molar-refractivity contribution in [3.8, 4) is 6.07 Å². The first-order valence-corrected chi connectivity index (χ1v) is 6.91. The molecule has 0 saturated carbocycles. The van der Waals surface area contributed by atoms with Crippen LogP contribution in [0, 0.1) is 11.3 Å². The van der Waals surface area contributed by atoms with Crippen LogP contribution in [0.3, 0.4) is 0 Å². The van der Waals surface area contributed by atoms with Gasteiger partial charge in [0, 0.05) is 0 Å². The van der Waals surface area contributed by atoms with Crippen LogP contribution >= 0.6 is 0 Å². The van der Waals surface area contributed by atoms with E-state index in [4.69, 9.17) is 5.26 Å². The molecule has 0 aliphatic carbocycles. The molecule has 1 N–H and O–H groups in total. The summed E-state index contributed by atoms with van der Waals surface area (Å²) in [4.78, 5) is 11.3. The Bertz CT molecular complexity index is 474. The minimum absolute atomic E-state index is 0.228. The van der Waals surface area contributed by atoms with E-state index in [-0.39, 0.29) is 5.92 Å². The molecule has 102 valence electrons. The molecule has 1 unspecified atom stereocenters. The van der Waals surface area contributed by atoms with Crippen LogP contribution in [0.1, 0.15) is 73.4 Å². The van der Waals surface area contributed by atoms with Crippen LogP contribution in [0.25, 0.3) is 0 Å². The van der Waals surface area contributed by atoms with Gasteiger partial charge in [0.05, 0.1) is 17.2 Å². The van der Waals surface area contributed by atoms with E-state index < -0.39 is 5.97 Å². The van der Waals surface area contributed by atoms with E-state index in [0.717, 1.165) is 37.7 Å². The highest BCUT2D eigenvalue weighted by atomic mass is 16.4. The number of benzene rings is 1. The average Bonchev–Trinajstić information content (AvgIpc) is 2.43. The number of unbranched alkanes of at least 4 members (excludes halogenated alkanes) is 2. The van der Waals surface area contributed by atoms with Gasteiger partial charge in [-0.25, -0.2) is 4.79 Å². The van der Waals surface area contributed by atoms with Gasteiger partial charge in [0.2, 0.25) is 0 Å². The molecular formula is C16H21NO2. The van der Waals surface area contributed by atoms with Crippen molar-refractivity contribution in [3.05, 3.63) is 34.9 Å². The van der Waals surface area contributed by atoms with Crippen molar-refractivity contribution in [3.63, 3.8) is 0 Å². The van der Waals surface area contributed by atoms with Gasteiger partial charge in [-0.2, -0.15) is 5.26 Å². The van der Waals surface area contributed by atoms with Gasteiger partial charge < -0.3 is 5.11 Å². The Labute approximate surface area is 114 Å². The number of nitriles is 1. The number of carbonyl (C=O) groups is 1. The van der Waals surface area contributed by atoms with Crippen LogP contribution in [0.5, 0.6) is 0 Å². The third-order valence-corrected chi connectivity index (χ3v) is 3.50. The molecule has 0 fully saturated rings. The van der Waals surface area contributed by atoms with Crippen LogP contribution in [-0.2, 0) is 0 Å². The van der Waals surface area contributed by atoms with Crippen LogP contribution in [0.15, 0.2) is 18.2 Å². The van der Waals surface area contributed by atoms with Gasteiger partial charge in [0.1, 0.15) is 0 Å². The second kappa shape index (κ2) is 7.58. The van der Waals surface area contributed by atoms with E-state index in [1.807, 2.05) is 0 Å². The molecular weight excluding hydrogens is 238 g/mol. The molecule has 1 atom stereocenters. The number of rotatable bonds is 7. The Morgan fingerprint density at radius 3 is 2.63 bits per heavy atom. The maximum Gasteiger partial charge on any atom is 0.335 e. The molecule has 1 aromatic rings. The van der Waals surface area contributed by atoms with E-state index in [2.05, 4.69) is 19.9 Å². The van der Waals surface area contributed by atoms with Gasteiger partial charge in [-0.05, 0) is 42.5 Å². The molecule has 1 rings (SSSR count). The first-order chi connectivity index (χ1) is 9.13. The normalized spacial score (nSPS) is 11.8. The smallest absolute Gasteiger partial charge is 0.335 e. The molecule has 0 saturated heterocycles. The van der Waals surface area contributed by atoms with Crippen LogP contribution in [0.4, 0.5) is 0 Å². The summed E-state index contributed by atoms with van der Waals surface area (Å²) in [6.45, 7) is 4.22. The summed E-state index contributed by atoms with van der Waals surface area (Å²) in [6, 6.07) is 6.96. The third kappa shape index (κ3) is 4.10. The van der Waals surface area contributed by atoms with Crippen molar-refractivity contribution in [1.29, 1.82) is 5.26 Å². The summed E-state index contributed by atoms with van der Waals surface area (Å²) >= 11 is 0. The van der Waals surface area contributed by atoms with E-state index >= 15 is 0 Å². The van der Waals surface area contributed by atoms with Gasteiger partial charge in [-0.15, -0.1) is 0 Å². The van der Waals surface area contributed by atoms with Gasteiger partial charge in [0.15, 0.2) is 0 Å². The topological polar surface area (TPSA) is 61.1 Å². The molecule has 0 aromatic heterocycles. The van der Waals surface area contributed by atoms with Crippen LogP contribution in [0.2, 0.25) is 0 Å². The number of hydrogen-bond acceptors (Lipinski definition) is 2. The molecule has 0 spiro atoms. The van der Waals surface area contributed by atoms with E-state index in [0.29, 0.717) is 11.1 Å². The zero-order valence-corrected chi connectivity index (χ0v) is 11.6. The predicted octanol–water partition coefficient (Wildman–Crippen LogP) is 4.33. The van der Waals surface area contributed by atoms with Crippen molar-refractivity contribution < 1.29 is 9.90 Å². The second-order valence-electron chi connectivity index (χ2n) is 4.82. The summed E-state index contributed by atoms with van der Waals surface area (Å²) in [7, 11) is 0. The van der Waals surface area contributed by atoms with Crippen molar-refractivity contribution >= 4 is 5.97 Å². The molecule has 0 bridgehead atoms. The lowest BCUT2D eigenvalue weighted by atomic mass is 9.87. The fourth-order valence-corrected chi connectivity index (χ4v) is 2.39. The fraction of sp³-hybridized carbons (Fsp3) is 0.500. The maximum absolute atomic E-state index is 11.3. The molecule has 3 nitrogen and oxygen atoms in total. The monoisotopic (exact) mass is 259 g/mol. The van der Waals surface area contributed by atoms with Crippen molar-refractivity contribution in [2.24, 2.45) is 0 Å². The number of carboxylic acids is 1. The van der Waals surface area contributed by atoms with E-state index in [9.17, 15) is 9.90 Å². The zero-order chi connectivity index (χ0) is 14.3. The predicted molar refractivity (Wildman–Crippen MR) is 75.3 cm³/mol. The summed E-state index contributed by atoms with van der Waals surface area (Å²) in [5.74, 6) is -0.681. The van der Waals surface area contributed by atoms with Gasteiger partial charge in [-0.1, -0.05) is 33.1 Å². The summed E-state index contributed by atoms with van der Waals surface area (Å²) in [5, 5.41) is 18.2. The molecule has 0 radical (unpaired) electrons. The Balaban J connectivity index is 3.05. The van der Waals surface area contributed by atoms with Crippen LogP contribution < -0.4 is 0 Å². The number of carboxylic acid groups (broad SMARTS) is 1. The fourth-order valence-electron chi connectivity index (χ4n) is 2.39. The number of hydrogen-bond donors (Lipinski definition) is 1. The Morgan fingerprint density at radius 2 is 2.11 bits per heavy atom. The first-order valence-electron chi connectivity index (χ1n) is 6.91. The third-order valence-electron chi connectivity index (χ3n) is 3.50. The van der Waals surface area contributed by atoms with Gasteiger partial charge in [-0.3, -0.25) is 0 Å². The van der Waals surface area contributed by atoms with E-state index in [1.54, 1.807) is 18.2 Å². The highest BCUT2D eigenvalue weighted by molar-refractivity contribution is 5.89. The first kappa shape index (κ1) is 15.2. The van der Waals surface area contributed by atoms with Gasteiger partial charge in [0.25, 0.3) is 0 Å². The second-order valence-corrected chi connectivity index (χ2v) is 4.82. The van der Waals surface area contributed by atoms with E-state index in [1.165, 1.54) is 0 Å². The number of aromatic carboxylic acids is 1. The van der Waals surface area contributed by atoms with Gasteiger partial charge >= 0.3 is 5.97 Å². The van der Waals surface area contributed by atoms with Crippen LogP contribution in [-0.4, -0.2) is 11.1 Å². The molecule has 1 aromatic carbocycles. The van der Waals surface area contributed by atoms with Crippen molar-refractivity contribution in [1.82, 2.24) is 0 Å². The lowest BCUT2D eigenvalue weighted by molar-refractivity contribution is 0.0695. The maximum atomic E-state index is 11.3. The molecule has 0 aliphatic heterocycles. The minimum Gasteiger partial charge on any atom is -0.478 e. The summed E-state index contributed by atoms with van der Waals surface area (Å²) < 4.78 is 0. The lowest BCUT2D eigenvalue weighted by Crippen LogP contribution is -2.08. The summed E-state index contributed by atoms with van der Waals surface area (Å²) in [6.07, 6.45) is 5.31. The van der Waals surface area contributed by atoms with Crippen molar-refractivity contribution in [2.45, 2.75) is 51.9 Å². The Kier molecular flexibility index (Phi) is 6.08.